The lowest BCUT2D eigenvalue weighted by atomic mass is 9.94. The molecule has 0 aromatic carbocycles. The molecule has 108 valence electrons. The first-order valence-corrected chi connectivity index (χ1v) is 7.57. The molecule has 1 aliphatic heterocycles. The van der Waals surface area contributed by atoms with Crippen molar-refractivity contribution in [2.24, 2.45) is 5.92 Å². The maximum Gasteiger partial charge on any atom is 0.108 e. The topological polar surface area (TPSA) is 42.3 Å². The van der Waals surface area contributed by atoms with Gasteiger partial charge in [-0.2, -0.15) is 5.26 Å². The van der Waals surface area contributed by atoms with Gasteiger partial charge in [-0.3, -0.25) is 0 Å². The van der Waals surface area contributed by atoms with E-state index in [0.717, 1.165) is 18.8 Å². The zero-order valence-corrected chi connectivity index (χ0v) is 12.7. The van der Waals surface area contributed by atoms with Gasteiger partial charge in [-0.1, -0.05) is 0 Å². The van der Waals surface area contributed by atoms with Crippen LogP contribution in [0.3, 0.4) is 0 Å². The van der Waals surface area contributed by atoms with E-state index >= 15 is 0 Å². The number of rotatable bonds is 4. The lowest BCUT2D eigenvalue weighted by Gasteiger charge is -2.37. The van der Waals surface area contributed by atoms with Gasteiger partial charge in [-0.25, -0.2) is 0 Å². The Kier molecular flexibility index (Phi) is 4.83. The highest BCUT2D eigenvalue weighted by molar-refractivity contribution is 5.13. The lowest BCUT2D eigenvalue weighted by molar-refractivity contribution is 0.119. The minimum absolute atomic E-state index is 0.259. The van der Waals surface area contributed by atoms with Gasteiger partial charge >= 0.3 is 0 Å². The molecule has 0 bridgehead atoms. The molecule has 2 aliphatic rings. The Hall–Kier alpha value is -0.630. The Labute approximate surface area is 117 Å². The Morgan fingerprint density at radius 1 is 1.32 bits per heavy atom. The van der Waals surface area contributed by atoms with E-state index in [1.54, 1.807) is 0 Å². The van der Waals surface area contributed by atoms with Crippen molar-refractivity contribution in [2.75, 3.05) is 40.8 Å². The van der Waals surface area contributed by atoms with E-state index in [2.05, 4.69) is 35.3 Å². The number of piperidine rings is 1. The van der Waals surface area contributed by atoms with Crippen LogP contribution in [0, 0.1) is 17.2 Å². The second kappa shape index (κ2) is 6.21. The molecule has 2 unspecified atom stereocenters. The van der Waals surface area contributed by atoms with Gasteiger partial charge in [0.1, 0.15) is 5.54 Å². The van der Waals surface area contributed by atoms with Crippen molar-refractivity contribution in [3.63, 3.8) is 0 Å². The van der Waals surface area contributed by atoms with Crippen molar-refractivity contribution in [2.45, 2.75) is 43.7 Å². The highest BCUT2D eigenvalue weighted by atomic mass is 15.2. The predicted molar refractivity (Wildman–Crippen MR) is 77.9 cm³/mol. The standard InChI is InChI=1S/C15H28N4/c1-17-15(12-16)7-4-14(10-15)19-8-5-13(6-9-19)11-18(2)3/h13-14,17H,4-11H2,1-3H3. The second-order valence-electron chi connectivity index (χ2n) is 6.58. The summed E-state index contributed by atoms with van der Waals surface area (Å²) in [6.45, 7) is 3.65. The van der Waals surface area contributed by atoms with Crippen LogP contribution >= 0.6 is 0 Å². The summed E-state index contributed by atoms with van der Waals surface area (Å²) < 4.78 is 0. The minimum atomic E-state index is -0.259. The highest BCUT2D eigenvalue weighted by Crippen LogP contribution is 2.34. The first kappa shape index (κ1) is 14.8. The number of nitrogens with zero attached hydrogens (tertiary/aromatic N) is 3. The maximum absolute atomic E-state index is 9.34. The van der Waals surface area contributed by atoms with Gasteiger partial charge in [0.25, 0.3) is 0 Å². The summed E-state index contributed by atoms with van der Waals surface area (Å²) in [4.78, 5) is 4.93. The summed E-state index contributed by atoms with van der Waals surface area (Å²) in [5, 5.41) is 12.6. The van der Waals surface area contributed by atoms with E-state index in [9.17, 15) is 5.26 Å². The van der Waals surface area contributed by atoms with Gasteiger partial charge in [0.15, 0.2) is 0 Å². The number of nitrogens with one attached hydrogen (secondary N) is 1. The SMILES string of the molecule is CNC1(C#N)CCC(N2CCC(CN(C)C)CC2)C1. The van der Waals surface area contributed by atoms with Gasteiger partial charge < -0.3 is 15.1 Å². The zero-order valence-electron chi connectivity index (χ0n) is 12.7. The third-order valence-electron chi connectivity index (χ3n) is 4.97. The van der Waals surface area contributed by atoms with Crippen LogP contribution in [0.2, 0.25) is 0 Å². The van der Waals surface area contributed by atoms with Crippen LogP contribution in [0.5, 0.6) is 0 Å². The quantitative estimate of drug-likeness (QED) is 0.831. The fourth-order valence-electron chi connectivity index (χ4n) is 3.73. The first-order valence-electron chi connectivity index (χ1n) is 7.57. The van der Waals surface area contributed by atoms with Gasteiger partial charge in [0.2, 0.25) is 0 Å². The molecular weight excluding hydrogens is 236 g/mol. The number of hydrogen-bond donors (Lipinski definition) is 1. The number of hydrogen-bond acceptors (Lipinski definition) is 4. The molecule has 1 aliphatic carbocycles. The van der Waals surface area contributed by atoms with Crippen LogP contribution in [0.4, 0.5) is 0 Å². The van der Waals surface area contributed by atoms with Gasteiger partial charge in [0.05, 0.1) is 6.07 Å². The first-order chi connectivity index (χ1) is 9.08. The average Bonchev–Trinajstić information content (AvgIpc) is 2.84. The molecule has 0 spiro atoms. The molecule has 0 amide bonds. The van der Waals surface area contributed by atoms with E-state index < -0.39 is 0 Å². The predicted octanol–water partition coefficient (Wildman–Crippen LogP) is 1.29. The van der Waals surface area contributed by atoms with Crippen LogP contribution in [0.25, 0.3) is 0 Å². The second-order valence-corrected chi connectivity index (χ2v) is 6.58. The van der Waals surface area contributed by atoms with E-state index in [0.29, 0.717) is 6.04 Å². The van der Waals surface area contributed by atoms with E-state index in [1.807, 2.05) is 7.05 Å². The summed E-state index contributed by atoms with van der Waals surface area (Å²) >= 11 is 0. The highest BCUT2D eigenvalue weighted by Gasteiger charge is 2.41. The van der Waals surface area contributed by atoms with Gasteiger partial charge in [0, 0.05) is 12.6 Å². The normalized spacial score (nSPS) is 33.7. The minimum Gasteiger partial charge on any atom is -0.309 e. The lowest BCUT2D eigenvalue weighted by Crippen LogP contribution is -2.45. The summed E-state index contributed by atoms with van der Waals surface area (Å²) in [6, 6.07) is 3.10. The zero-order chi connectivity index (χ0) is 13.9. The third-order valence-corrected chi connectivity index (χ3v) is 4.97. The largest absolute Gasteiger partial charge is 0.309 e. The third kappa shape index (κ3) is 3.47. The van der Waals surface area contributed by atoms with Crippen molar-refractivity contribution >= 4 is 0 Å². The fourth-order valence-corrected chi connectivity index (χ4v) is 3.73. The van der Waals surface area contributed by atoms with Crippen LogP contribution in [0.1, 0.15) is 32.1 Å². The van der Waals surface area contributed by atoms with E-state index in [-0.39, 0.29) is 5.54 Å². The van der Waals surface area contributed by atoms with Crippen LogP contribution in [-0.2, 0) is 0 Å². The molecule has 0 aromatic heterocycles. The van der Waals surface area contributed by atoms with Gasteiger partial charge in [-0.05, 0) is 72.3 Å². The van der Waals surface area contributed by atoms with Crippen molar-refractivity contribution in [1.82, 2.24) is 15.1 Å². The molecule has 4 nitrogen and oxygen atoms in total. The van der Waals surface area contributed by atoms with Crippen molar-refractivity contribution in [3.8, 4) is 6.07 Å². The van der Waals surface area contributed by atoms with E-state index in [1.165, 1.54) is 38.9 Å². The Balaban J connectivity index is 1.82. The molecule has 0 aromatic rings. The van der Waals surface area contributed by atoms with Crippen LogP contribution < -0.4 is 5.32 Å². The number of nitriles is 1. The summed E-state index contributed by atoms with van der Waals surface area (Å²) in [7, 11) is 6.25. The summed E-state index contributed by atoms with van der Waals surface area (Å²) in [5.74, 6) is 0.859. The van der Waals surface area contributed by atoms with Crippen molar-refractivity contribution in [1.29, 1.82) is 5.26 Å². The van der Waals surface area contributed by atoms with Crippen LogP contribution in [-0.4, -0.2) is 62.2 Å². The Morgan fingerprint density at radius 2 is 2.00 bits per heavy atom. The molecular formula is C15H28N4. The van der Waals surface area contributed by atoms with E-state index in [4.69, 9.17) is 0 Å². The molecule has 2 fully saturated rings. The maximum atomic E-state index is 9.34. The molecule has 1 saturated heterocycles. The Morgan fingerprint density at radius 3 is 2.47 bits per heavy atom. The number of likely N-dealkylation sites (tertiary alicyclic amines) is 1. The molecule has 19 heavy (non-hydrogen) atoms. The monoisotopic (exact) mass is 264 g/mol. The summed E-state index contributed by atoms with van der Waals surface area (Å²) in [5.41, 5.74) is -0.259. The summed E-state index contributed by atoms with van der Waals surface area (Å²) in [6.07, 6.45) is 5.80. The Bertz CT molecular complexity index is 328. The van der Waals surface area contributed by atoms with Crippen molar-refractivity contribution < 1.29 is 0 Å². The molecule has 1 heterocycles. The molecule has 2 atom stereocenters. The fraction of sp³-hybridized carbons (Fsp3) is 0.933. The van der Waals surface area contributed by atoms with Gasteiger partial charge in [-0.15, -0.1) is 0 Å². The molecule has 4 heteroatoms. The molecule has 2 rings (SSSR count). The molecule has 1 saturated carbocycles. The smallest absolute Gasteiger partial charge is 0.108 e. The molecule has 0 radical (unpaired) electrons. The van der Waals surface area contributed by atoms with Crippen LogP contribution in [0.15, 0.2) is 0 Å². The average molecular weight is 264 g/mol. The molecule has 1 N–H and O–H groups in total. The van der Waals surface area contributed by atoms with Crippen molar-refractivity contribution in [3.05, 3.63) is 0 Å².